The van der Waals surface area contributed by atoms with Gasteiger partial charge in [0.25, 0.3) is 5.91 Å². The van der Waals surface area contributed by atoms with Crippen molar-refractivity contribution < 1.29 is 9.90 Å². The fraction of sp³-hybridized carbons (Fsp3) is 0.522. The van der Waals surface area contributed by atoms with Crippen molar-refractivity contribution in [2.24, 2.45) is 0 Å². The Balaban J connectivity index is 1.37. The molecule has 1 N–H and O–H groups in total. The Hall–Kier alpha value is -2.71. The Kier molecular flexibility index (Phi) is 6.38. The van der Waals surface area contributed by atoms with Gasteiger partial charge in [0.2, 0.25) is 0 Å². The number of hydrogen-bond acceptors (Lipinski definition) is 7. The molecule has 2 saturated heterocycles. The third-order valence-corrected chi connectivity index (χ3v) is 6.29. The molecule has 1 amide bonds. The summed E-state index contributed by atoms with van der Waals surface area (Å²) in [5.74, 6) is 0.684. The van der Waals surface area contributed by atoms with Crippen molar-refractivity contribution >= 4 is 17.4 Å². The lowest BCUT2D eigenvalue weighted by atomic mass is 9.92. The van der Waals surface area contributed by atoms with Gasteiger partial charge in [-0.25, -0.2) is 4.98 Å². The van der Waals surface area contributed by atoms with Gasteiger partial charge in [0.05, 0.1) is 18.3 Å². The maximum Gasteiger partial charge on any atom is 0.253 e. The number of carbonyl (C=O) groups excluding carboxylic acids is 1. The minimum absolute atomic E-state index is 0.0741. The molecule has 0 saturated carbocycles. The molecule has 166 valence electrons. The van der Waals surface area contributed by atoms with Crippen molar-refractivity contribution in [2.75, 3.05) is 69.7 Å². The zero-order chi connectivity index (χ0) is 21.8. The van der Waals surface area contributed by atoms with Crippen molar-refractivity contribution in [3.8, 4) is 0 Å². The topological polar surface area (TPSA) is 76.0 Å². The van der Waals surface area contributed by atoms with E-state index in [1.54, 1.807) is 30.5 Å². The molecular formula is C23H32N6O2. The van der Waals surface area contributed by atoms with E-state index in [9.17, 15) is 9.90 Å². The number of piperazine rings is 1. The normalized spacial score (nSPS) is 22.4. The molecular weight excluding hydrogens is 392 g/mol. The van der Waals surface area contributed by atoms with E-state index in [-0.39, 0.29) is 12.5 Å². The molecule has 1 aromatic heterocycles. The van der Waals surface area contributed by atoms with Gasteiger partial charge in [-0.15, -0.1) is 0 Å². The lowest BCUT2D eigenvalue weighted by molar-refractivity contribution is -0.000144. The van der Waals surface area contributed by atoms with Crippen molar-refractivity contribution in [3.63, 3.8) is 0 Å². The second kappa shape index (κ2) is 9.20. The molecule has 2 aliphatic rings. The SMILES string of the molecule is CN1CCN(c2ccc(C(=O)N(C)CC3(O)CCCN(c4cnccn4)C3)cc2)CC1. The zero-order valence-electron chi connectivity index (χ0n) is 18.4. The van der Waals surface area contributed by atoms with Crippen LogP contribution in [0.25, 0.3) is 0 Å². The summed E-state index contributed by atoms with van der Waals surface area (Å²) in [5.41, 5.74) is 0.823. The number of hydrogen-bond donors (Lipinski definition) is 1. The monoisotopic (exact) mass is 424 g/mol. The number of nitrogens with zero attached hydrogens (tertiary/aromatic N) is 6. The molecule has 0 bridgehead atoms. The standard InChI is InChI=1S/C23H32N6O2/c1-26-12-14-28(15-13-26)20-6-4-19(5-7-20)22(30)27(2)17-23(31)8-3-11-29(18-23)21-16-24-9-10-25-21/h4-7,9-10,16,31H,3,8,11-15,17-18H2,1-2H3. The number of aliphatic hydroxyl groups is 1. The molecule has 8 heteroatoms. The van der Waals surface area contributed by atoms with E-state index in [0.717, 1.165) is 50.6 Å². The van der Waals surface area contributed by atoms with Crippen LogP contribution < -0.4 is 9.80 Å². The lowest BCUT2D eigenvalue weighted by Crippen LogP contribution is -2.54. The first-order chi connectivity index (χ1) is 14.9. The molecule has 2 aliphatic heterocycles. The minimum Gasteiger partial charge on any atom is -0.386 e. The fourth-order valence-corrected chi connectivity index (χ4v) is 4.50. The van der Waals surface area contributed by atoms with Crippen molar-refractivity contribution in [1.29, 1.82) is 0 Å². The summed E-state index contributed by atoms with van der Waals surface area (Å²) in [4.78, 5) is 29.8. The highest BCUT2D eigenvalue weighted by Gasteiger charge is 2.36. The van der Waals surface area contributed by atoms with E-state index in [0.29, 0.717) is 18.5 Å². The van der Waals surface area contributed by atoms with Gasteiger partial charge in [-0.1, -0.05) is 0 Å². The summed E-state index contributed by atoms with van der Waals surface area (Å²) >= 11 is 0. The summed E-state index contributed by atoms with van der Waals surface area (Å²) in [6, 6.07) is 7.83. The van der Waals surface area contributed by atoms with Crippen LogP contribution >= 0.6 is 0 Å². The molecule has 0 radical (unpaired) electrons. The highest BCUT2D eigenvalue weighted by molar-refractivity contribution is 5.94. The predicted molar refractivity (Wildman–Crippen MR) is 122 cm³/mol. The molecule has 1 atom stereocenters. The van der Waals surface area contributed by atoms with Gasteiger partial charge >= 0.3 is 0 Å². The average Bonchev–Trinajstić information content (AvgIpc) is 2.79. The summed E-state index contributed by atoms with van der Waals surface area (Å²) in [6.45, 7) is 5.64. The Morgan fingerprint density at radius 3 is 2.52 bits per heavy atom. The van der Waals surface area contributed by atoms with Crippen LogP contribution in [-0.2, 0) is 0 Å². The van der Waals surface area contributed by atoms with E-state index in [1.807, 2.05) is 29.2 Å². The molecule has 0 spiro atoms. The Labute approximate surface area is 184 Å². The fourth-order valence-electron chi connectivity index (χ4n) is 4.50. The molecule has 8 nitrogen and oxygen atoms in total. The number of anilines is 2. The van der Waals surface area contributed by atoms with E-state index in [2.05, 4.69) is 26.8 Å². The van der Waals surface area contributed by atoms with Crippen LogP contribution in [0.2, 0.25) is 0 Å². The number of carbonyl (C=O) groups is 1. The maximum absolute atomic E-state index is 13.0. The molecule has 2 aromatic rings. The largest absolute Gasteiger partial charge is 0.386 e. The lowest BCUT2D eigenvalue weighted by Gasteiger charge is -2.41. The van der Waals surface area contributed by atoms with Crippen LogP contribution in [0.1, 0.15) is 23.2 Å². The number of amides is 1. The zero-order valence-corrected chi connectivity index (χ0v) is 18.4. The highest BCUT2D eigenvalue weighted by Crippen LogP contribution is 2.26. The van der Waals surface area contributed by atoms with E-state index in [1.165, 1.54) is 0 Å². The van der Waals surface area contributed by atoms with Gasteiger partial charge in [0.15, 0.2) is 0 Å². The van der Waals surface area contributed by atoms with Crippen LogP contribution in [-0.4, -0.2) is 96.3 Å². The number of aromatic nitrogens is 2. The quantitative estimate of drug-likeness (QED) is 0.776. The van der Waals surface area contributed by atoms with Gasteiger partial charge in [-0.2, -0.15) is 0 Å². The van der Waals surface area contributed by atoms with E-state index >= 15 is 0 Å². The Bertz CT molecular complexity index is 869. The van der Waals surface area contributed by atoms with Crippen molar-refractivity contribution in [1.82, 2.24) is 19.8 Å². The van der Waals surface area contributed by atoms with E-state index < -0.39 is 5.60 Å². The smallest absolute Gasteiger partial charge is 0.253 e. The molecule has 4 rings (SSSR count). The van der Waals surface area contributed by atoms with Crippen LogP contribution in [0.15, 0.2) is 42.9 Å². The van der Waals surface area contributed by atoms with Crippen LogP contribution in [0, 0.1) is 0 Å². The molecule has 1 aromatic carbocycles. The number of β-amino-alcohol motifs (C(OH)–C–C–N with tert-alkyl or cyclic N) is 1. The Morgan fingerprint density at radius 1 is 1.10 bits per heavy atom. The minimum atomic E-state index is -0.972. The van der Waals surface area contributed by atoms with Crippen molar-refractivity contribution in [3.05, 3.63) is 48.4 Å². The summed E-state index contributed by atoms with van der Waals surface area (Å²) in [5, 5.41) is 11.2. The first-order valence-electron chi connectivity index (χ1n) is 11.0. The van der Waals surface area contributed by atoms with Crippen LogP contribution in [0.4, 0.5) is 11.5 Å². The first-order valence-corrected chi connectivity index (χ1v) is 11.0. The number of piperidine rings is 1. The van der Waals surface area contributed by atoms with Crippen molar-refractivity contribution in [2.45, 2.75) is 18.4 Å². The summed E-state index contributed by atoms with van der Waals surface area (Å²) in [7, 11) is 3.90. The van der Waals surface area contributed by atoms with E-state index in [4.69, 9.17) is 0 Å². The van der Waals surface area contributed by atoms with Crippen LogP contribution in [0.3, 0.4) is 0 Å². The number of benzene rings is 1. The van der Waals surface area contributed by atoms with Gasteiger partial charge in [0.1, 0.15) is 5.82 Å². The second-order valence-electron chi connectivity index (χ2n) is 8.81. The van der Waals surface area contributed by atoms with Gasteiger partial charge in [0, 0.05) is 70.0 Å². The molecule has 2 fully saturated rings. The summed E-state index contributed by atoms with van der Waals surface area (Å²) < 4.78 is 0. The Morgan fingerprint density at radius 2 is 1.84 bits per heavy atom. The number of rotatable bonds is 5. The number of likely N-dealkylation sites (N-methyl/N-ethyl adjacent to an activating group) is 2. The van der Waals surface area contributed by atoms with Gasteiger partial charge in [-0.3, -0.25) is 9.78 Å². The van der Waals surface area contributed by atoms with Gasteiger partial charge in [-0.05, 0) is 44.2 Å². The molecule has 3 heterocycles. The maximum atomic E-state index is 13.0. The first kappa shape index (κ1) is 21.5. The van der Waals surface area contributed by atoms with Gasteiger partial charge < -0.3 is 24.7 Å². The summed E-state index contributed by atoms with van der Waals surface area (Å²) in [6.07, 6.45) is 6.51. The van der Waals surface area contributed by atoms with Crippen LogP contribution in [0.5, 0.6) is 0 Å². The molecule has 1 unspecified atom stereocenters. The average molecular weight is 425 g/mol. The molecule has 0 aliphatic carbocycles. The second-order valence-corrected chi connectivity index (χ2v) is 8.81. The highest BCUT2D eigenvalue weighted by atomic mass is 16.3. The third-order valence-electron chi connectivity index (χ3n) is 6.29. The predicted octanol–water partition coefficient (Wildman–Crippen LogP) is 1.33. The molecule has 31 heavy (non-hydrogen) atoms. The third kappa shape index (κ3) is 5.14.